The number of aromatic nitrogens is 1. The highest BCUT2D eigenvalue weighted by molar-refractivity contribution is 9.10. The van der Waals surface area contributed by atoms with Gasteiger partial charge >= 0.3 is 0 Å². The maximum Gasteiger partial charge on any atom is 0.152 e. The highest BCUT2D eigenvalue weighted by Crippen LogP contribution is 2.39. The molecule has 16 heavy (non-hydrogen) atoms. The van der Waals surface area contributed by atoms with Gasteiger partial charge in [0.15, 0.2) is 5.15 Å². The molecule has 1 atom stereocenters. The molecule has 0 aromatic carbocycles. The van der Waals surface area contributed by atoms with Gasteiger partial charge in [0, 0.05) is 16.7 Å². The number of pyridine rings is 1. The van der Waals surface area contributed by atoms with E-state index in [1.54, 1.807) is 6.20 Å². The second-order valence-electron chi connectivity index (χ2n) is 5.24. The number of nitrogens with one attached hydrogen (secondary N) is 1. The Balaban J connectivity index is 2.07. The predicted molar refractivity (Wildman–Crippen MR) is 72.0 cm³/mol. The quantitative estimate of drug-likeness (QED) is 0.814. The van der Waals surface area contributed by atoms with Crippen molar-refractivity contribution in [3.05, 3.63) is 21.9 Å². The van der Waals surface area contributed by atoms with Gasteiger partial charge in [-0.2, -0.15) is 0 Å². The van der Waals surface area contributed by atoms with Crippen molar-refractivity contribution in [1.29, 1.82) is 0 Å². The molecule has 0 aliphatic heterocycles. The molecule has 2 rings (SSSR count). The lowest BCUT2D eigenvalue weighted by Crippen LogP contribution is -2.17. The molecule has 1 aromatic rings. The molecule has 0 bridgehead atoms. The van der Waals surface area contributed by atoms with Crippen molar-refractivity contribution in [1.82, 2.24) is 4.98 Å². The first-order valence-electron chi connectivity index (χ1n) is 5.54. The molecule has 1 aliphatic carbocycles. The van der Waals surface area contributed by atoms with E-state index >= 15 is 0 Å². The predicted octanol–water partition coefficient (Wildman–Crippen LogP) is 4.49. The minimum absolute atomic E-state index is 0.448. The minimum atomic E-state index is 0.448. The molecule has 88 valence electrons. The molecule has 1 fully saturated rings. The summed E-state index contributed by atoms with van der Waals surface area (Å²) >= 11 is 9.46. The normalized spacial score (nSPS) is 23.4. The SMILES string of the molecule is CC1(C)CCC(Nc2cc(Br)cnc2Cl)C1. The zero-order valence-electron chi connectivity index (χ0n) is 9.56. The van der Waals surface area contributed by atoms with Crippen LogP contribution in [-0.4, -0.2) is 11.0 Å². The molecule has 1 aliphatic rings. The lowest BCUT2D eigenvalue weighted by atomic mass is 9.92. The first kappa shape index (κ1) is 12.2. The molecule has 0 amide bonds. The Morgan fingerprint density at radius 1 is 1.56 bits per heavy atom. The monoisotopic (exact) mass is 302 g/mol. The molecule has 2 nitrogen and oxygen atoms in total. The Hall–Kier alpha value is -0.280. The van der Waals surface area contributed by atoms with Crippen molar-refractivity contribution in [2.24, 2.45) is 5.41 Å². The summed E-state index contributed by atoms with van der Waals surface area (Å²) in [5.74, 6) is 0. The summed E-state index contributed by atoms with van der Waals surface area (Å²) in [6.07, 6.45) is 5.38. The lowest BCUT2D eigenvalue weighted by Gasteiger charge is -2.19. The van der Waals surface area contributed by atoms with E-state index in [0.717, 1.165) is 10.2 Å². The fraction of sp³-hybridized carbons (Fsp3) is 0.583. The van der Waals surface area contributed by atoms with Gasteiger partial charge in [0.05, 0.1) is 5.69 Å². The van der Waals surface area contributed by atoms with Crippen LogP contribution in [0.4, 0.5) is 5.69 Å². The Kier molecular flexibility index (Phi) is 3.45. The average Bonchev–Trinajstić information content (AvgIpc) is 2.52. The van der Waals surface area contributed by atoms with Crippen LogP contribution in [0.15, 0.2) is 16.7 Å². The first-order valence-corrected chi connectivity index (χ1v) is 6.71. The molecule has 1 saturated carbocycles. The third-order valence-electron chi connectivity index (χ3n) is 3.13. The van der Waals surface area contributed by atoms with Crippen LogP contribution in [0.25, 0.3) is 0 Å². The van der Waals surface area contributed by atoms with Crippen molar-refractivity contribution in [3.8, 4) is 0 Å². The highest BCUT2D eigenvalue weighted by atomic mass is 79.9. The Morgan fingerprint density at radius 3 is 2.94 bits per heavy atom. The van der Waals surface area contributed by atoms with Crippen LogP contribution in [0.5, 0.6) is 0 Å². The second kappa shape index (κ2) is 4.53. The van der Waals surface area contributed by atoms with Gasteiger partial charge in [-0.3, -0.25) is 0 Å². The summed E-state index contributed by atoms with van der Waals surface area (Å²) in [4.78, 5) is 4.11. The van der Waals surface area contributed by atoms with Crippen LogP contribution in [-0.2, 0) is 0 Å². The Bertz CT molecular complexity index is 393. The largest absolute Gasteiger partial charge is 0.380 e. The van der Waals surface area contributed by atoms with Crippen LogP contribution < -0.4 is 5.32 Å². The third-order valence-corrected chi connectivity index (χ3v) is 3.87. The lowest BCUT2D eigenvalue weighted by molar-refractivity contribution is 0.378. The molecule has 1 N–H and O–H groups in total. The summed E-state index contributed by atoms with van der Waals surface area (Å²) in [5, 5.41) is 4.03. The van der Waals surface area contributed by atoms with Crippen LogP contribution in [0.1, 0.15) is 33.1 Å². The number of hydrogen-bond donors (Lipinski definition) is 1. The van der Waals surface area contributed by atoms with Crippen molar-refractivity contribution in [2.45, 2.75) is 39.2 Å². The molecule has 1 heterocycles. The van der Waals surface area contributed by atoms with Crippen molar-refractivity contribution < 1.29 is 0 Å². The van der Waals surface area contributed by atoms with Gasteiger partial charge in [0.1, 0.15) is 0 Å². The topological polar surface area (TPSA) is 24.9 Å². The Morgan fingerprint density at radius 2 is 2.31 bits per heavy atom. The second-order valence-corrected chi connectivity index (χ2v) is 6.51. The van der Waals surface area contributed by atoms with Crippen LogP contribution in [0.2, 0.25) is 5.15 Å². The number of anilines is 1. The van der Waals surface area contributed by atoms with Crippen LogP contribution in [0, 0.1) is 5.41 Å². The number of nitrogens with zero attached hydrogens (tertiary/aromatic N) is 1. The van der Waals surface area contributed by atoms with Gasteiger partial charge in [0.2, 0.25) is 0 Å². The molecule has 4 heteroatoms. The zero-order chi connectivity index (χ0) is 11.8. The highest BCUT2D eigenvalue weighted by Gasteiger charge is 2.31. The van der Waals surface area contributed by atoms with E-state index in [2.05, 4.69) is 40.1 Å². The average molecular weight is 304 g/mol. The van der Waals surface area contributed by atoms with Crippen molar-refractivity contribution in [3.63, 3.8) is 0 Å². The molecule has 1 unspecified atom stereocenters. The van der Waals surface area contributed by atoms with Gasteiger partial charge in [-0.25, -0.2) is 4.98 Å². The van der Waals surface area contributed by atoms with E-state index in [-0.39, 0.29) is 0 Å². The molecule has 1 aromatic heterocycles. The zero-order valence-corrected chi connectivity index (χ0v) is 11.9. The van der Waals surface area contributed by atoms with E-state index in [9.17, 15) is 0 Å². The van der Waals surface area contributed by atoms with E-state index in [1.807, 2.05) is 6.07 Å². The fourth-order valence-corrected chi connectivity index (χ4v) is 2.79. The fourth-order valence-electron chi connectivity index (χ4n) is 2.30. The number of rotatable bonds is 2. The smallest absolute Gasteiger partial charge is 0.152 e. The van der Waals surface area contributed by atoms with Gasteiger partial charge in [-0.1, -0.05) is 25.4 Å². The third kappa shape index (κ3) is 2.89. The summed E-state index contributed by atoms with van der Waals surface area (Å²) in [6, 6.07) is 2.50. The molecule has 0 radical (unpaired) electrons. The van der Waals surface area contributed by atoms with E-state index in [4.69, 9.17) is 11.6 Å². The van der Waals surface area contributed by atoms with Crippen molar-refractivity contribution >= 4 is 33.2 Å². The van der Waals surface area contributed by atoms with Gasteiger partial charge in [0.25, 0.3) is 0 Å². The van der Waals surface area contributed by atoms with E-state index in [1.165, 1.54) is 19.3 Å². The number of hydrogen-bond acceptors (Lipinski definition) is 2. The van der Waals surface area contributed by atoms with Gasteiger partial charge in [-0.05, 0) is 46.7 Å². The van der Waals surface area contributed by atoms with Gasteiger partial charge < -0.3 is 5.32 Å². The number of halogens is 2. The minimum Gasteiger partial charge on any atom is -0.380 e. The maximum atomic E-state index is 6.05. The molecule has 0 saturated heterocycles. The van der Waals surface area contributed by atoms with Crippen LogP contribution in [0.3, 0.4) is 0 Å². The van der Waals surface area contributed by atoms with Gasteiger partial charge in [-0.15, -0.1) is 0 Å². The summed E-state index contributed by atoms with van der Waals surface area (Å²) in [6.45, 7) is 4.63. The maximum absolute atomic E-state index is 6.05. The summed E-state index contributed by atoms with van der Waals surface area (Å²) < 4.78 is 0.955. The molecular formula is C12H16BrClN2. The summed E-state index contributed by atoms with van der Waals surface area (Å²) in [5.41, 5.74) is 1.38. The molecule has 0 spiro atoms. The first-order chi connectivity index (χ1) is 7.46. The van der Waals surface area contributed by atoms with E-state index in [0.29, 0.717) is 16.6 Å². The standard InChI is InChI=1S/C12H16BrClN2/c1-12(2)4-3-9(6-12)16-10-5-8(13)7-15-11(10)14/h5,7,9,16H,3-4,6H2,1-2H3. The van der Waals surface area contributed by atoms with E-state index < -0.39 is 0 Å². The molecular weight excluding hydrogens is 288 g/mol. The Labute approximate surface area is 110 Å². The van der Waals surface area contributed by atoms with Crippen LogP contribution >= 0.6 is 27.5 Å². The summed E-state index contributed by atoms with van der Waals surface area (Å²) in [7, 11) is 0. The van der Waals surface area contributed by atoms with Crippen molar-refractivity contribution in [2.75, 3.05) is 5.32 Å².